The lowest BCUT2D eigenvalue weighted by molar-refractivity contribution is -0.139. The molecule has 0 saturated carbocycles. The second-order valence-electron chi connectivity index (χ2n) is 9.87. The fraction of sp³-hybridized carbons (Fsp3) is 0.406. The maximum atomic E-state index is 14.0. The van der Waals surface area contributed by atoms with E-state index in [2.05, 4.69) is 4.99 Å². The Morgan fingerprint density at radius 2 is 1.79 bits per heavy atom. The minimum Gasteiger partial charge on any atom is -0.493 e. The van der Waals surface area contributed by atoms with E-state index in [4.69, 9.17) is 23.7 Å². The molecule has 0 unspecified atom stereocenters. The summed E-state index contributed by atoms with van der Waals surface area (Å²) in [7, 11) is 1.56. The molecular formula is C32H38N2O7S. The van der Waals surface area contributed by atoms with Crippen molar-refractivity contribution in [3.05, 3.63) is 78.5 Å². The molecule has 0 fully saturated rings. The van der Waals surface area contributed by atoms with Gasteiger partial charge in [-0.25, -0.2) is 9.79 Å². The highest BCUT2D eigenvalue weighted by Crippen LogP contribution is 2.36. The molecule has 0 amide bonds. The number of nitrogens with zero attached hydrogens (tertiary/aromatic N) is 2. The topological polar surface area (TPSA) is 97.6 Å². The van der Waals surface area contributed by atoms with Crippen LogP contribution in [0.15, 0.2) is 57.5 Å². The Morgan fingerprint density at radius 3 is 2.45 bits per heavy atom. The molecule has 1 aromatic heterocycles. The summed E-state index contributed by atoms with van der Waals surface area (Å²) in [6.07, 6.45) is 2.62. The van der Waals surface area contributed by atoms with Gasteiger partial charge in [0.2, 0.25) is 0 Å². The van der Waals surface area contributed by atoms with E-state index in [0.29, 0.717) is 62.4 Å². The first kappa shape index (κ1) is 30.9. The lowest BCUT2D eigenvalue weighted by atomic mass is 9.95. The van der Waals surface area contributed by atoms with Crippen LogP contribution in [-0.4, -0.2) is 43.6 Å². The number of benzene rings is 2. The predicted molar refractivity (Wildman–Crippen MR) is 163 cm³/mol. The number of carbonyl (C=O) groups excluding carboxylic acids is 1. The van der Waals surface area contributed by atoms with Gasteiger partial charge in [0.1, 0.15) is 0 Å². The summed E-state index contributed by atoms with van der Waals surface area (Å²) in [5, 5.41) is 0. The summed E-state index contributed by atoms with van der Waals surface area (Å²) in [5.41, 5.74) is 1.96. The number of allylic oxidation sites excluding steroid dienone is 1. The fourth-order valence-electron chi connectivity index (χ4n) is 4.68. The van der Waals surface area contributed by atoms with Gasteiger partial charge in [0.25, 0.3) is 5.56 Å². The Balaban J connectivity index is 1.88. The second kappa shape index (κ2) is 13.7. The molecule has 0 spiro atoms. The molecule has 0 saturated heterocycles. The number of hydrogen-bond donors (Lipinski definition) is 0. The maximum absolute atomic E-state index is 14.0. The molecular weight excluding hydrogens is 556 g/mol. The maximum Gasteiger partial charge on any atom is 0.338 e. The number of hydrogen-bond acceptors (Lipinski definition) is 9. The lowest BCUT2D eigenvalue weighted by Crippen LogP contribution is -2.40. The second-order valence-corrected chi connectivity index (χ2v) is 10.9. The van der Waals surface area contributed by atoms with Crippen LogP contribution in [0.4, 0.5) is 0 Å². The summed E-state index contributed by atoms with van der Waals surface area (Å²) < 4.78 is 30.6. The van der Waals surface area contributed by atoms with Gasteiger partial charge in [-0.3, -0.25) is 9.36 Å². The van der Waals surface area contributed by atoms with E-state index in [1.54, 1.807) is 43.7 Å². The van der Waals surface area contributed by atoms with Crippen LogP contribution >= 0.6 is 11.3 Å². The number of fused-ring (bicyclic) bond motifs is 1. The molecule has 2 heterocycles. The van der Waals surface area contributed by atoms with Crippen LogP contribution in [0.25, 0.3) is 6.08 Å². The molecule has 0 aliphatic carbocycles. The van der Waals surface area contributed by atoms with Gasteiger partial charge in [0.05, 0.1) is 54.9 Å². The van der Waals surface area contributed by atoms with Crippen molar-refractivity contribution in [3.8, 4) is 23.0 Å². The highest BCUT2D eigenvalue weighted by molar-refractivity contribution is 7.07. The molecule has 0 N–H and O–H groups in total. The molecule has 3 aromatic rings. The molecule has 0 radical (unpaired) electrons. The van der Waals surface area contributed by atoms with E-state index >= 15 is 0 Å². The number of esters is 1. The SMILES string of the molecule is CCCOc1ccc(/C=c2\sc3n(c2=O)[C@@H](c2ccc(OC(C)C)c(OC)c2)C(C(=O)OCC)=C(C)N=3)cc1OCC. The Bertz CT molecular complexity index is 1650. The number of aromatic nitrogens is 1. The Morgan fingerprint density at radius 1 is 1.02 bits per heavy atom. The van der Waals surface area contributed by atoms with E-state index in [1.165, 1.54) is 11.3 Å². The van der Waals surface area contributed by atoms with Crippen LogP contribution < -0.4 is 33.8 Å². The molecule has 2 aromatic carbocycles. The highest BCUT2D eigenvalue weighted by atomic mass is 32.1. The minimum absolute atomic E-state index is 0.0600. The van der Waals surface area contributed by atoms with Gasteiger partial charge >= 0.3 is 5.97 Å². The Kier molecular flexibility index (Phi) is 10.1. The van der Waals surface area contributed by atoms with Crippen molar-refractivity contribution in [2.75, 3.05) is 26.9 Å². The van der Waals surface area contributed by atoms with Gasteiger partial charge in [-0.15, -0.1) is 0 Å². The number of rotatable bonds is 12. The number of ether oxygens (including phenoxy) is 5. The average Bonchev–Trinajstić information content (AvgIpc) is 3.26. The standard InChI is InChI=1S/C32H38N2O7S/c1-8-15-40-23-13-11-21(16-26(23)38-9-2)17-27-30(35)34-29(22-12-14-24(41-19(4)5)25(18-22)37-7)28(31(36)39-10-3)20(6)33-32(34)42-27/h11-14,16-19,29H,8-10,15H2,1-7H3/b27-17-/t29-/m0/s1. The summed E-state index contributed by atoms with van der Waals surface area (Å²) in [6, 6.07) is 10.2. The minimum atomic E-state index is -0.770. The summed E-state index contributed by atoms with van der Waals surface area (Å²) >= 11 is 1.26. The first-order chi connectivity index (χ1) is 20.2. The van der Waals surface area contributed by atoms with Crippen molar-refractivity contribution in [1.29, 1.82) is 0 Å². The quantitative estimate of drug-likeness (QED) is 0.279. The highest BCUT2D eigenvalue weighted by Gasteiger charge is 2.34. The van der Waals surface area contributed by atoms with Crippen LogP contribution in [0.5, 0.6) is 23.0 Å². The van der Waals surface area contributed by atoms with Crippen molar-refractivity contribution in [1.82, 2.24) is 4.57 Å². The van der Waals surface area contributed by atoms with E-state index in [0.717, 1.165) is 12.0 Å². The van der Waals surface area contributed by atoms with E-state index in [1.807, 2.05) is 52.0 Å². The number of methoxy groups -OCH3 is 1. The van der Waals surface area contributed by atoms with E-state index < -0.39 is 12.0 Å². The van der Waals surface area contributed by atoms with Crippen LogP contribution in [-0.2, 0) is 9.53 Å². The van der Waals surface area contributed by atoms with Crippen LogP contribution in [0, 0.1) is 0 Å². The van der Waals surface area contributed by atoms with Gasteiger partial charge in [-0.2, -0.15) is 0 Å². The summed E-state index contributed by atoms with van der Waals surface area (Å²) in [5.74, 6) is 1.81. The Labute approximate surface area is 249 Å². The van der Waals surface area contributed by atoms with Gasteiger partial charge in [0.15, 0.2) is 27.8 Å². The largest absolute Gasteiger partial charge is 0.493 e. The predicted octanol–water partition coefficient (Wildman–Crippen LogP) is 4.78. The molecule has 1 aliphatic rings. The first-order valence-electron chi connectivity index (χ1n) is 14.2. The fourth-order valence-corrected chi connectivity index (χ4v) is 5.72. The van der Waals surface area contributed by atoms with E-state index in [-0.39, 0.29) is 18.3 Å². The van der Waals surface area contributed by atoms with Crippen molar-refractivity contribution < 1.29 is 28.5 Å². The van der Waals surface area contributed by atoms with Gasteiger partial charge in [-0.05, 0) is 82.5 Å². The zero-order valence-electron chi connectivity index (χ0n) is 25.2. The molecule has 1 atom stereocenters. The first-order valence-corrected chi connectivity index (χ1v) is 15.0. The molecule has 4 rings (SSSR count). The number of thiazole rings is 1. The van der Waals surface area contributed by atoms with Gasteiger partial charge in [0, 0.05) is 0 Å². The zero-order valence-corrected chi connectivity index (χ0v) is 26.0. The molecule has 0 bridgehead atoms. The third kappa shape index (κ3) is 6.54. The summed E-state index contributed by atoms with van der Waals surface area (Å²) in [6.45, 7) is 12.6. The van der Waals surface area contributed by atoms with Crippen molar-refractivity contribution >= 4 is 23.4 Å². The monoisotopic (exact) mass is 594 g/mol. The molecule has 42 heavy (non-hydrogen) atoms. The van der Waals surface area contributed by atoms with Crippen molar-refractivity contribution in [3.63, 3.8) is 0 Å². The molecule has 10 heteroatoms. The average molecular weight is 595 g/mol. The van der Waals surface area contributed by atoms with Crippen molar-refractivity contribution in [2.45, 2.75) is 60.1 Å². The molecule has 1 aliphatic heterocycles. The zero-order chi connectivity index (χ0) is 30.4. The van der Waals surface area contributed by atoms with Gasteiger partial charge < -0.3 is 23.7 Å². The van der Waals surface area contributed by atoms with Gasteiger partial charge in [-0.1, -0.05) is 30.4 Å². The Hall–Kier alpha value is -4.05. The third-order valence-electron chi connectivity index (χ3n) is 6.41. The van der Waals surface area contributed by atoms with Crippen LogP contribution in [0.1, 0.15) is 65.1 Å². The lowest BCUT2D eigenvalue weighted by Gasteiger charge is -2.25. The van der Waals surface area contributed by atoms with E-state index in [9.17, 15) is 9.59 Å². The van der Waals surface area contributed by atoms with Crippen molar-refractivity contribution in [2.24, 2.45) is 4.99 Å². The summed E-state index contributed by atoms with van der Waals surface area (Å²) in [4.78, 5) is 32.4. The normalized spacial score (nSPS) is 14.9. The number of carbonyl (C=O) groups is 1. The smallest absolute Gasteiger partial charge is 0.338 e. The van der Waals surface area contributed by atoms with Crippen LogP contribution in [0.2, 0.25) is 0 Å². The molecule has 9 nitrogen and oxygen atoms in total. The molecule has 224 valence electrons. The third-order valence-corrected chi connectivity index (χ3v) is 7.39. The van der Waals surface area contributed by atoms with Crippen LogP contribution in [0.3, 0.4) is 0 Å².